The van der Waals surface area contributed by atoms with Crippen LogP contribution in [0, 0.1) is 11.8 Å². The van der Waals surface area contributed by atoms with E-state index in [4.69, 9.17) is 0 Å². The van der Waals surface area contributed by atoms with Gasteiger partial charge in [0.1, 0.15) is 0 Å². The highest BCUT2D eigenvalue weighted by Crippen LogP contribution is 2.33. The number of halogens is 3. The molecule has 4 heteroatoms. The smallest absolute Gasteiger partial charge is 0.290 e. The van der Waals surface area contributed by atoms with Gasteiger partial charge in [0.05, 0.1) is 5.56 Å². The summed E-state index contributed by atoms with van der Waals surface area (Å²) in [6.07, 6.45) is 4.30. The second-order valence-electron chi connectivity index (χ2n) is 9.16. The summed E-state index contributed by atoms with van der Waals surface area (Å²) in [5.74, 6) is 6.54. The highest BCUT2D eigenvalue weighted by atomic mass is 19.4. The molecule has 0 bridgehead atoms. The molecule has 0 aliphatic rings. The zero-order valence-corrected chi connectivity index (χ0v) is 20.6. The molecular weight excluding hydrogens is 419 g/mol. The maximum atomic E-state index is 12.9. The first kappa shape index (κ1) is 27.0. The van der Waals surface area contributed by atoms with Crippen LogP contribution in [0.5, 0.6) is 0 Å². The van der Waals surface area contributed by atoms with Crippen molar-refractivity contribution in [2.24, 2.45) is 0 Å². The molecule has 2 rings (SSSR count). The lowest BCUT2D eigenvalue weighted by Crippen LogP contribution is -2.40. The van der Waals surface area contributed by atoms with Crippen molar-refractivity contribution in [2.75, 3.05) is 6.54 Å². The van der Waals surface area contributed by atoms with Gasteiger partial charge in [-0.15, -0.1) is 0 Å². The van der Waals surface area contributed by atoms with Gasteiger partial charge in [-0.1, -0.05) is 82.1 Å². The number of hydrogen-bond acceptors (Lipinski definition) is 1. The summed E-state index contributed by atoms with van der Waals surface area (Å²) in [7, 11) is 0. The maximum Gasteiger partial charge on any atom is 0.416 e. The van der Waals surface area contributed by atoms with Crippen molar-refractivity contribution in [2.45, 2.75) is 90.9 Å². The number of nitrogens with zero attached hydrogens (tertiary/aromatic N) is 1. The number of rotatable bonds is 11. The van der Waals surface area contributed by atoms with Gasteiger partial charge in [-0.05, 0) is 62.2 Å². The van der Waals surface area contributed by atoms with Gasteiger partial charge in [0.2, 0.25) is 0 Å². The lowest BCUT2D eigenvalue weighted by atomic mass is 9.90. The first-order valence-electron chi connectivity index (χ1n) is 12.2. The summed E-state index contributed by atoms with van der Waals surface area (Å²) in [4.78, 5) is 2.27. The fraction of sp³-hybridized carbons (Fsp3) is 0.517. The Balaban J connectivity index is 1.95. The van der Waals surface area contributed by atoms with Gasteiger partial charge in [0.25, 0.3) is 0 Å². The van der Waals surface area contributed by atoms with E-state index in [1.807, 2.05) is 0 Å². The van der Waals surface area contributed by atoms with E-state index in [1.165, 1.54) is 56.2 Å². The largest absolute Gasteiger partial charge is 0.416 e. The van der Waals surface area contributed by atoms with E-state index < -0.39 is 17.3 Å². The molecule has 2 aromatic carbocycles. The summed E-state index contributed by atoms with van der Waals surface area (Å²) in [6.45, 7) is 9.93. The van der Waals surface area contributed by atoms with E-state index in [2.05, 4.69) is 68.7 Å². The topological polar surface area (TPSA) is 3.24 Å². The third-order valence-corrected chi connectivity index (χ3v) is 6.31. The summed E-state index contributed by atoms with van der Waals surface area (Å²) in [5, 5.41) is 0. The molecule has 0 radical (unpaired) electrons. The molecule has 0 aliphatic heterocycles. The van der Waals surface area contributed by atoms with Crippen LogP contribution in [0.25, 0.3) is 0 Å². The Morgan fingerprint density at radius 1 is 0.758 bits per heavy atom. The van der Waals surface area contributed by atoms with E-state index in [0.717, 1.165) is 30.6 Å². The Morgan fingerprint density at radius 3 is 1.91 bits per heavy atom. The third-order valence-electron chi connectivity index (χ3n) is 6.31. The van der Waals surface area contributed by atoms with Gasteiger partial charge in [-0.2, -0.15) is 13.2 Å². The van der Waals surface area contributed by atoms with Crippen molar-refractivity contribution in [1.29, 1.82) is 0 Å². The van der Waals surface area contributed by atoms with E-state index >= 15 is 0 Å². The monoisotopic (exact) mass is 457 g/mol. The summed E-state index contributed by atoms with van der Waals surface area (Å²) in [6, 6.07) is 13.8. The minimum Gasteiger partial charge on any atom is -0.290 e. The fourth-order valence-electron chi connectivity index (χ4n) is 4.03. The van der Waals surface area contributed by atoms with Gasteiger partial charge in [-0.3, -0.25) is 4.90 Å². The Bertz CT molecular complexity index is 884. The molecule has 33 heavy (non-hydrogen) atoms. The van der Waals surface area contributed by atoms with Crippen LogP contribution >= 0.6 is 0 Å². The van der Waals surface area contributed by atoms with Crippen molar-refractivity contribution in [3.63, 3.8) is 0 Å². The molecule has 0 amide bonds. The molecule has 0 aliphatic carbocycles. The summed E-state index contributed by atoms with van der Waals surface area (Å²) in [5.41, 5.74) is 2.05. The molecule has 1 nitrogen and oxygen atoms in total. The van der Waals surface area contributed by atoms with Crippen molar-refractivity contribution < 1.29 is 13.2 Å². The molecule has 0 saturated heterocycles. The van der Waals surface area contributed by atoms with Crippen LogP contribution in [0.3, 0.4) is 0 Å². The zero-order valence-electron chi connectivity index (χ0n) is 20.6. The van der Waals surface area contributed by atoms with Crippen molar-refractivity contribution in [1.82, 2.24) is 4.90 Å². The molecule has 0 unspecified atom stereocenters. The van der Waals surface area contributed by atoms with Crippen LogP contribution in [0.15, 0.2) is 48.5 Å². The quantitative estimate of drug-likeness (QED) is 0.241. The van der Waals surface area contributed by atoms with Crippen LogP contribution in [0.1, 0.15) is 94.9 Å². The van der Waals surface area contributed by atoms with E-state index in [0.29, 0.717) is 0 Å². The first-order chi connectivity index (χ1) is 15.7. The van der Waals surface area contributed by atoms with Crippen LogP contribution in [0.4, 0.5) is 13.2 Å². The van der Waals surface area contributed by atoms with Gasteiger partial charge < -0.3 is 0 Å². The van der Waals surface area contributed by atoms with Gasteiger partial charge in [0.15, 0.2) is 0 Å². The third kappa shape index (κ3) is 8.55. The molecular formula is C29H38F3N. The van der Waals surface area contributed by atoms with Crippen LogP contribution in [0.2, 0.25) is 0 Å². The molecule has 180 valence electrons. The standard InChI is InChI=1S/C29H38F3N/c1-5-7-8-9-10-11-12-13-14-24-15-17-25(18-16-24)23-33(6-2)28(3,4)26-19-21-27(22-20-26)29(30,31)32/h15-22H,5-12,23H2,1-4H3. The first-order valence-corrected chi connectivity index (χ1v) is 12.2. The maximum absolute atomic E-state index is 12.9. The minimum atomic E-state index is -4.31. The van der Waals surface area contributed by atoms with Crippen molar-refractivity contribution >= 4 is 0 Å². The van der Waals surface area contributed by atoms with Crippen LogP contribution < -0.4 is 0 Å². The van der Waals surface area contributed by atoms with Gasteiger partial charge >= 0.3 is 6.18 Å². The van der Waals surface area contributed by atoms with Gasteiger partial charge in [0, 0.05) is 24.1 Å². The number of hydrogen-bond donors (Lipinski definition) is 0. The van der Waals surface area contributed by atoms with E-state index in [9.17, 15) is 13.2 Å². The van der Waals surface area contributed by atoms with Gasteiger partial charge in [-0.25, -0.2) is 0 Å². The Morgan fingerprint density at radius 2 is 1.33 bits per heavy atom. The molecule has 0 fully saturated rings. The summed E-state index contributed by atoms with van der Waals surface area (Å²) < 4.78 is 38.7. The fourth-order valence-corrected chi connectivity index (χ4v) is 4.03. The average molecular weight is 458 g/mol. The lowest BCUT2D eigenvalue weighted by molar-refractivity contribution is -0.137. The molecule has 0 heterocycles. The number of alkyl halides is 3. The molecule has 0 saturated carbocycles. The van der Waals surface area contributed by atoms with Crippen molar-refractivity contribution in [3.8, 4) is 11.8 Å². The van der Waals surface area contributed by atoms with Crippen LogP contribution in [-0.2, 0) is 18.3 Å². The normalized spacial score (nSPS) is 12.0. The second-order valence-corrected chi connectivity index (χ2v) is 9.16. The molecule has 0 atom stereocenters. The zero-order chi connectivity index (χ0) is 24.3. The number of unbranched alkanes of at least 4 members (excludes halogenated alkanes) is 6. The Hall–Kier alpha value is -2.25. The highest BCUT2D eigenvalue weighted by molar-refractivity contribution is 5.36. The summed E-state index contributed by atoms with van der Waals surface area (Å²) >= 11 is 0. The Kier molecular flexibility index (Phi) is 10.5. The van der Waals surface area contributed by atoms with E-state index in [1.54, 1.807) is 12.1 Å². The Labute approximate surface area is 198 Å². The SMILES string of the molecule is CCCCCCCCC#Cc1ccc(CN(CC)C(C)(C)c2ccc(C(F)(F)F)cc2)cc1. The predicted octanol–water partition coefficient (Wildman–Crippen LogP) is 8.56. The lowest BCUT2D eigenvalue weighted by Gasteiger charge is -2.38. The predicted molar refractivity (Wildman–Crippen MR) is 132 cm³/mol. The highest BCUT2D eigenvalue weighted by Gasteiger charge is 2.32. The molecule has 0 N–H and O–H groups in total. The molecule has 2 aromatic rings. The second kappa shape index (κ2) is 12.8. The van der Waals surface area contributed by atoms with E-state index in [-0.39, 0.29) is 0 Å². The van der Waals surface area contributed by atoms with Crippen LogP contribution in [-0.4, -0.2) is 11.4 Å². The van der Waals surface area contributed by atoms with Crippen molar-refractivity contribution in [3.05, 3.63) is 70.8 Å². The average Bonchev–Trinajstić information content (AvgIpc) is 2.79. The number of benzene rings is 2. The minimum absolute atomic E-state index is 0.394. The molecule has 0 spiro atoms. The molecule has 0 aromatic heterocycles.